The molecule has 0 bridgehead atoms. The van der Waals surface area contributed by atoms with Crippen molar-refractivity contribution >= 4 is 6.08 Å². The van der Waals surface area contributed by atoms with Crippen molar-refractivity contribution in [1.29, 1.82) is 0 Å². The van der Waals surface area contributed by atoms with E-state index in [9.17, 15) is 4.39 Å². The van der Waals surface area contributed by atoms with Gasteiger partial charge in [0.15, 0.2) is 0 Å². The number of halogens is 1. The lowest BCUT2D eigenvalue weighted by Gasteiger charge is -2.09. The molecule has 0 spiro atoms. The van der Waals surface area contributed by atoms with Crippen molar-refractivity contribution in [3.8, 4) is 0 Å². The molecule has 0 unspecified atom stereocenters. The maximum atomic E-state index is 13.0. The molecular weight excluding hydrogens is 139 g/mol. The van der Waals surface area contributed by atoms with Crippen LogP contribution in [0.3, 0.4) is 0 Å². The maximum Gasteiger partial charge on any atom is 0.130 e. The van der Waals surface area contributed by atoms with Crippen molar-refractivity contribution in [3.63, 3.8) is 0 Å². The lowest BCUT2D eigenvalue weighted by atomic mass is 9.97. The maximum absolute atomic E-state index is 13.0. The zero-order valence-electron chi connectivity index (χ0n) is 6.10. The number of aryl methyl sites for hydroxylation is 1. The van der Waals surface area contributed by atoms with E-state index < -0.39 is 0 Å². The Morgan fingerprint density at radius 2 is 2.36 bits per heavy atom. The van der Waals surface area contributed by atoms with Crippen LogP contribution in [0.15, 0.2) is 18.2 Å². The largest absolute Gasteiger partial charge is 0.206 e. The summed E-state index contributed by atoms with van der Waals surface area (Å²) in [4.78, 5) is 0. The second kappa shape index (κ2) is 2.50. The summed E-state index contributed by atoms with van der Waals surface area (Å²) in [7, 11) is 0. The molecule has 1 aromatic rings. The Kier molecular flexibility index (Phi) is 1.50. The van der Waals surface area contributed by atoms with Crippen LogP contribution in [0.5, 0.6) is 0 Å². The van der Waals surface area contributed by atoms with Crippen LogP contribution in [-0.2, 0) is 6.42 Å². The van der Waals surface area contributed by atoms with Crippen LogP contribution in [0.2, 0.25) is 0 Å². The highest BCUT2D eigenvalue weighted by Crippen LogP contribution is 2.20. The molecule has 0 heterocycles. The molecule has 11 heavy (non-hydrogen) atoms. The summed E-state index contributed by atoms with van der Waals surface area (Å²) in [5.41, 5.74) is 1.73. The van der Waals surface area contributed by atoms with E-state index >= 15 is 0 Å². The van der Waals surface area contributed by atoms with Gasteiger partial charge in [0.2, 0.25) is 0 Å². The second-order valence-corrected chi connectivity index (χ2v) is 2.66. The summed E-state index contributed by atoms with van der Waals surface area (Å²) < 4.78 is 13.0. The molecule has 2 rings (SSSR count). The van der Waals surface area contributed by atoms with Gasteiger partial charge in [0, 0.05) is 5.56 Å². The Morgan fingerprint density at radius 1 is 1.45 bits per heavy atom. The zero-order chi connectivity index (χ0) is 7.68. The van der Waals surface area contributed by atoms with Crippen molar-refractivity contribution in [2.24, 2.45) is 0 Å². The highest BCUT2D eigenvalue weighted by atomic mass is 19.1. The Balaban J connectivity index is 2.60. The summed E-state index contributed by atoms with van der Waals surface area (Å²) >= 11 is 0. The Bertz CT molecular complexity index is 300. The predicted molar refractivity (Wildman–Crippen MR) is 42.6 cm³/mol. The quantitative estimate of drug-likeness (QED) is 0.529. The van der Waals surface area contributed by atoms with Crippen molar-refractivity contribution in [3.05, 3.63) is 41.2 Å². The van der Waals surface area contributed by atoms with E-state index in [2.05, 4.69) is 6.07 Å². The zero-order valence-corrected chi connectivity index (χ0v) is 6.10. The first-order valence-electron chi connectivity index (χ1n) is 3.73. The minimum atomic E-state index is -0.130. The molecule has 1 aliphatic rings. The number of hydrogen-bond acceptors (Lipinski definition) is 0. The molecule has 1 heteroatoms. The van der Waals surface area contributed by atoms with Gasteiger partial charge in [-0.3, -0.25) is 0 Å². The summed E-state index contributed by atoms with van der Waals surface area (Å²) in [6.45, 7) is 0. The third-order valence-corrected chi connectivity index (χ3v) is 1.92. The van der Waals surface area contributed by atoms with Crippen LogP contribution in [0.1, 0.15) is 17.5 Å². The van der Waals surface area contributed by atoms with E-state index in [-0.39, 0.29) is 5.82 Å². The molecule has 1 aromatic carbocycles. The predicted octanol–water partition coefficient (Wildman–Crippen LogP) is 2.59. The van der Waals surface area contributed by atoms with E-state index in [4.69, 9.17) is 0 Å². The first kappa shape index (κ1) is 6.59. The molecule has 0 fully saturated rings. The SMILES string of the molecule is Fc1cc[c]c2c1C=CCC2. The third-order valence-electron chi connectivity index (χ3n) is 1.92. The van der Waals surface area contributed by atoms with Crippen molar-refractivity contribution in [2.45, 2.75) is 12.8 Å². The summed E-state index contributed by atoms with van der Waals surface area (Å²) in [6, 6.07) is 6.14. The van der Waals surface area contributed by atoms with Gasteiger partial charge in [-0.15, -0.1) is 0 Å². The summed E-state index contributed by atoms with van der Waals surface area (Å²) in [6.07, 6.45) is 5.76. The molecule has 0 atom stereocenters. The van der Waals surface area contributed by atoms with Crippen LogP contribution in [0, 0.1) is 11.9 Å². The first-order valence-corrected chi connectivity index (χ1v) is 3.73. The summed E-state index contributed by atoms with van der Waals surface area (Å²) in [5, 5.41) is 0. The monoisotopic (exact) mass is 147 g/mol. The van der Waals surface area contributed by atoms with Gasteiger partial charge in [-0.1, -0.05) is 18.2 Å². The highest BCUT2D eigenvalue weighted by molar-refractivity contribution is 5.56. The van der Waals surface area contributed by atoms with Crippen LogP contribution >= 0.6 is 0 Å². The fourth-order valence-electron chi connectivity index (χ4n) is 1.34. The molecule has 55 valence electrons. The van der Waals surface area contributed by atoms with E-state index in [0.717, 1.165) is 24.0 Å². The normalized spacial score (nSPS) is 14.6. The lowest BCUT2D eigenvalue weighted by molar-refractivity contribution is 0.621. The van der Waals surface area contributed by atoms with Gasteiger partial charge in [-0.05, 0) is 30.5 Å². The molecule has 0 aliphatic heterocycles. The second-order valence-electron chi connectivity index (χ2n) is 2.66. The molecule has 0 saturated carbocycles. The number of fused-ring (bicyclic) bond motifs is 1. The van der Waals surface area contributed by atoms with Gasteiger partial charge in [0.05, 0.1) is 0 Å². The van der Waals surface area contributed by atoms with Gasteiger partial charge < -0.3 is 0 Å². The molecule has 0 aromatic heterocycles. The number of hydrogen-bond donors (Lipinski definition) is 0. The average Bonchev–Trinajstić information content (AvgIpc) is 2.06. The molecule has 1 aliphatic carbocycles. The fourth-order valence-corrected chi connectivity index (χ4v) is 1.34. The number of benzene rings is 1. The highest BCUT2D eigenvalue weighted by Gasteiger charge is 2.07. The standard InChI is InChI=1S/C10H8F/c11-10-7-3-5-8-4-1-2-6-9(8)10/h2-3,6-7H,1,4H2. The van der Waals surface area contributed by atoms with Crippen LogP contribution < -0.4 is 0 Å². The third kappa shape index (κ3) is 1.07. The van der Waals surface area contributed by atoms with Crippen LogP contribution in [-0.4, -0.2) is 0 Å². The van der Waals surface area contributed by atoms with Crippen molar-refractivity contribution < 1.29 is 4.39 Å². The molecular formula is C10H8F. The number of rotatable bonds is 0. The molecule has 0 nitrogen and oxygen atoms in total. The molecule has 0 amide bonds. The molecule has 0 N–H and O–H groups in total. The number of allylic oxidation sites excluding steroid dienone is 1. The van der Waals surface area contributed by atoms with Gasteiger partial charge in [0.1, 0.15) is 5.82 Å². The smallest absolute Gasteiger partial charge is 0.130 e. The van der Waals surface area contributed by atoms with E-state index in [1.54, 1.807) is 6.07 Å². The minimum Gasteiger partial charge on any atom is -0.206 e. The minimum absolute atomic E-state index is 0.130. The van der Waals surface area contributed by atoms with Gasteiger partial charge in [-0.2, -0.15) is 0 Å². The van der Waals surface area contributed by atoms with Crippen molar-refractivity contribution in [2.75, 3.05) is 0 Å². The van der Waals surface area contributed by atoms with E-state index in [1.807, 2.05) is 12.2 Å². The topological polar surface area (TPSA) is 0 Å². The Morgan fingerprint density at radius 3 is 3.18 bits per heavy atom. The lowest BCUT2D eigenvalue weighted by Crippen LogP contribution is -1.96. The van der Waals surface area contributed by atoms with Gasteiger partial charge in [0.25, 0.3) is 0 Å². The Labute approximate surface area is 65.4 Å². The molecule has 1 radical (unpaired) electrons. The first-order chi connectivity index (χ1) is 5.38. The van der Waals surface area contributed by atoms with Crippen LogP contribution in [0.25, 0.3) is 6.08 Å². The fraction of sp³-hybridized carbons (Fsp3) is 0.200. The Hall–Kier alpha value is -1.11. The van der Waals surface area contributed by atoms with Gasteiger partial charge in [-0.25, -0.2) is 4.39 Å². The average molecular weight is 147 g/mol. The van der Waals surface area contributed by atoms with Crippen LogP contribution in [0.4, 0.5) is 4.39 Å². The molecule has 0 saturated heterocycles. The van der Waals surface area contributed by atoms with E-state index in [1.165, 1.54) is 6.07 Å². The van der Waals surface area contributed by atoms with Crippen molar-refractivity contribution in [1.82, 2.24) is 0 Å². The summed E-state index contributed by atoms with van der Waals surface area (Å²) in [5.74, 6) is -0.130. The van der Waals surface area contributed by atoms with E-state index in [0.29, 0.717) is 0 Å². The van der Waals surface area contributed by atoms with Gasteiger partial charge >= 0.3 is 0 Å².